The molecule has 1 aromatic heterocycles. The molecule has 0 aliphatic rings. The molecule has 1 heterocycles. The highest BCUT2D eigenvalue weighted by atomic mass is 35.5. The molecule has 7 heteroatoms. The largest absolute Gasteiger partial charge is 0.353 e. The predicted octanol–water partition coefficient (Wildman–Crippen LogP) is 2.97. The maximum Gasteiger partial charge on any atom is 0.287 e. The standard InChI is InChI=1S/C11H8Cl2FN3O/c1-17-11(18)10(13)9(5-15-17)16-6-2-3-8(14)7(12)4-6/h2-5,16H,1H3. The summed E-state index contributed by atoms with van der Waals surface area (Å²) >= 11 is 11.5. The number of rotatable bonds is 2. The highest BCUT2D eigenvalue weighted by Gasteiger charge is 2.08. The Labute approximate surface area is 112 Å². The van der Waals surface area contributed by atoms with E-state index in [-0.39, 0.29) is 10.0 Å². The van der Waals surface area contributed by atoms with Crippen LogP contribution in [0.1, 0.15) is 0 Å². The fourth-order valence-corrected chi connectivity index (χ4v) is 1.73. The Balaban J connectivity index is 2.37. The molecule has 0 aliphatic carbocycles. The summed E-state index contributed by atoms with van der Waals surface area (Å²) in [5.74, 6) is -0.518. The number of nitrogens with one attached hydrogen (secondary N) is 1. The van der Waals surface area contributed by atoms with Gasteiger partial charge >= 0.3 is 0 Å². The molecule has 0 amide bonds. The summed E-state index contributed by atoms with van der Waals surface area (Å²) < 4.78 is 14.1. The van der Waals surface area contributed by atoms with Crippen LogP contribution >= 0.6 is 23.2 Å². The van der Waals surface area contributed by atoms with E-state index in [4.69, 9.17) is 23.2 Å². The van der Waals surface area contributed by atoms with Gasteiger partial charge in [-0.3, -0.25) is 4.79 Å². The molecule has 94 valence electrons. The molecular weight excluding hydrogens is 280 g/mol. The number of halogens is 3. The number of benzene rings is 1. The smallest absolute Gasteiger partial charge is 0.287 e. The minimum Gasteiger partial charge on any atom is -0.353 e. The molecular formula is C11H8Cl2FN3O. The summed E-state index contributed by atoms with van der Waals surface area (Å²) in [5.41, 5.74) is 0.427. The summed E-state index contributed by atoms with van der Waals surface area (Å²) in [5, 5.41) is 6.66. The number of aryl methyl sites for hydroxylation is 1. The summed E-state index contributed by atoms with van der Waals surface area (Å²) in [7, 11) is 1.49. The van der Waals surface area contributed by atoms with E-state index < -0.39 is 11.4 Å². The number of anilines is 2. The van der Waals surface area contributed by atoms with Gasteiger partial charge in [0, 0.05) is 12.7 Å². The molecule has 4 nitrogen and oxygen atoms in total. The highest BCUT2D eigenvalue weighted by Crippen LogP contribution is 2.24. The Morgan fingerprint density at radius 3 is 2.78 bits per heavy atom. The van der Waals surface area contributed by atoms with Crippen molar-refractivity contribution in [3.05, 3.63) is 50.6 Å². The molecule has 0 bridgehead atoms. The Kier molecular flexibility index (Phi) is 3.54. The number of aromatic nitrogens is 2. The molecule has 1 aromatic carbocycles. The van der Waals surface area contributed by atoms with E-state index in [9.17, 15) is 9.18 Å². The number of nitrogens with zero attached hydrogens (tertiary/aromatic N) is 2. The second-order valence-electron chi connectivity index (χ2n) is 3.55. The van der Waals surface area contributed by atoms with Crippen LogP contribution in [0.3, 0.4) is 0 Å². The SMILES string of the molecule is Cn1ncc(Nc2ccc(F)c(Cl)c2)c(Cl)c1=O. The third-order valence-electron chi connectivity index (χ3n) is 2.28. The van der Waals surface area contributed by atoms with Crippen LogP contribution < -0.4 is 10.9 Å². The van der Waals surface area contributed by atoms with Gasteiger partial charge in [0.2, 0.25) is 0 Å². The number of hydrogen-bond donors (Lipinski definition) is 1. The average molecular weight is 288 g/mol. The first-order valence-corrected chi connectivity index (χ1v) is 5.68. The average Bonchev–Trinajstić information content (AvgIpc) is 2.34. The van der Waals surface area contributed by atoms with Gasteiger partial charge in [-0.05, 0) is 18.2 Å². The summed E-state index contributed by atoms with van der Waals surface area (Å²) in [6.07, 6.45) is 1.40. The predicted molar refractivity (Wildman–Crippen MR) is 69.2 cm³/mol. The lowest BCUT2D eigenvalue weighted by Crippen LogP contribution is -2.20. The van der Waals surface area contributed by atoms with Crippen molar-refractivity contribution >= 4 is 34.6 Å². The van der Waals surface area contributed by atoms with E-state index >= 15 is 0 Å². The monoisotopic (exact) mass is 287 g/mol. The van der Waals surface area contributed by atoms with Crippen molar-refractivity contribution in [1.82, 2.24) is 9.78 Å². The van der Waals surface area contributed by atoms with Crippen LogP contribution in [-0.4, -0.2) is 9.78 Å². The number of hydrogen-bond acceptors (Lipinski definition) is 3. The van der Waals surface area contributed by atoms with E-state index in [0.29, 0.717) is 11.4 Å². The zero-order valence-electron chi connectivity index (χ0n) is 9.25. The third-order valence-corrected chi connectivity index (χ3v) is 2.93. The molecule has 2 rings (SSSR count). The van der Waals surface area contributed by atoms with Gasteiger partial charge in [-0.25, -0.2) is 9.07 Å². The molecule has 0 fully saturated rings. The Hall–Kier alpha value is -1.59. The first kappa shape index (κ1) is 12.9. The van der Waals surface area contributed by atoms with Gasteiger partial charge in [-0.1, -0.05) is 23.2 Å². The first-order valence-electron chi connectivity index (χ1n) is 4.93. The van der Waals surface area contributed by atoms with Crippen molar-refractivity contribution in [2.24, 2.45) is 7.05 Å². The molecule has 0 saturated heterocycles. The van der Waals surface area contributed by atoms with E-state index in [1.165, 1.54) is 31.4 Å². The minimum atomic E-state index is -0.518. The van der Waals surface area contributed by atoms with Gasteiger partial charge in [0.05, 0.1) is 16.9 Å². The van der Waals surface area contributed by atoms with Crippen molar-refractivity contribution in [2.45, 2.75) is 0 Å². The summed E-state index contributed by atoms with van der Waals surface area (Å²) in [4.78, 5) is 11.5. The zero-order valence-corrected chi connectivity index (χ0v) is 10.8. The lowest BCUT2D eigenvalue weighted by Gasteiger charge is -2.08. The van der Waals surface area contributed by atoms with E-state index in [2.05, 4.69) is 10.4 Å². The van der Waals surface area contributed by atoms with Gasteiger partial charge < -0.3 is 5.32 Å². The van der Waals surface area contributed by atoms with Crippen LogP contribution in [0.4, 0.5) is 15.8 Å². The lowest BCUT2D eigenvalue weighted by molar-refractivity contribution is 0.628. The topological polar surface area (TPSA) is 46.9 Å². The van der Waals surface area contributed by atoms with E-state index in [1.807, 2.05) is 0 Å². The molecule has 0 saturated carbocycles. The van der Waals surface area contributed by atoms with Crippen LogP contribution in [-0.2, 0) is 7.05 Å². The molecule has 1 N–H and O–H groups in total. The normalized spacial score (nSPS) is 10.4. The van der Waals surface area contributed by atoms with Gasteiger partial charge in [-0.2, -0.15) is 5.10 Å². The van der Waals surface area contributed by atoms with Crippen molar-refractivity contribution in [3.8, 4) is 0 Å². The van der Waals surface area contributed by atoms with Crippen molar-refractivity contribution in [2.75, 3.05) is 5.32 Å². The Morgan fingerprint density at radius 1 is 1.39 bits per heavy atom. The lowest BCUT2D eigenvalue weighted by atomic mass is 10.3. The molecule has 0 unspecified atom stereocenters. The van der Waals surface area contributed by atoms with Crippen LogP contribution in [0.15, 0.2) is 29.2 Å². The second-order valence-corrected chi connectivity index (χ2v) is 4.34. The summed E-state index contributed by atoms with van der Waals surface area (Å²) in [6, 6.07) is 4.09. The van der Waals surface area contributed by atoms with Gasteiger partial charge in [0.1, 0.15) is 10.8 Å². The van der Waals surface area contributed by atoms with Crippen LogP contribution in [0.5, 0.6) is 0 Å². The fourth-order valence-electron chi connectivity index (χ4n) is 1.33. The molecule has 18 heavy (non-hydrogen) atoms. The second kappa shape index (κ2) is 4.96. The van der Waals surface area contributed by atoms with Crippen molar-refractivity contribution < 1.29 is 4.39 Å². The molecule has 0 spiro atoms. The van der Waals surface area contributed by atoms with Gasteiger partial charge in [-0.15, -0.1) is 0 Å². The minimum absolute atomic E-state index is 0.00736. The maximum atomic E-state index is 13.0. The first-order chi connectivity index (χ1) is 8.49. The van der Waals surface area contributed by atoms with Gasteiger partial charge in [0.25, 0.3) is 5.56 Å². The molecule has 0 radical (unpaired) electrons. The van der Waals surface area contributed by atoms with Crippen LogP contribution in [0.2, 0.25) is 10.0 Å². The molecule has 2 aromatic rings. The zero-order chi connectivity index (χ0) is 13.3. The maximum absolute atomic E-state index is 13.0. The fraction of sp³-hybridized carbons (Fsp3) is 0.0909. The van der Waals surface area contributed by atoms with Crippen LogP contribution in [0, 0.1) is 5.82 Å². The van der Waals surface area contributed by atoms with E-state index in [0.717, 1.165) is 4.68 Å². The summed E-state index contributed by atoms with van der Waals surface area (Å²) in [6.45, 7) is 0. The quantitative estimate of drug-likeness (QED) is 0.924. The Morgan fingerprint density at radius 2 is 2.11 bits per heavy atom. The Bertz CT molecular complexity index is 657. The van der Waals surface area contributed by atoms with Crippen LogP contribution in [0.25, 0.3) is 0 Å². The van der Waals surface area contributed by atoms with Crippen molar-refractivity contribution in [1.29, 1.82) is 0 Å². The third kappa shape index (κ3) is 2.47. The van der Waals surface area contributed by atoms with E-state index in [1.54, 1.807) is 0 Å². The highest BCUT2D eigenvalue weighted by molar-refractivity contribution is 6.33. The van der Waals surface area contributed by atoms with Gasteiger partial charge in [0.15, 0.2) is 0 Å². The molecule has 0 aliphatic heterocycles. The van der Waals surface area contributed by atoms with Crippen molar-refractivity contribution in [3.63, 3.8) is 0 Å². The molecule has 0 atom stereocenters.